The van der Waals surface area contributed by atoms with Crippen molar-refractivity contribution in [1.29, 1.82) is 0 Å². The van der Waals surface area contributed by atoms with Gasteiger partial charge in [0.15, 0.2) is 0 Å². The SMILES string of the molecule is O=C(O)c1cc(Br)cc(Br)c1NC(=O)N1CCC(CO)C1. The minimum absolute atomic E-state index is 0.00232. The molecule has 0 radical (unpaired) electrons. The summed E-state index contributed by atoms with van der Waals surface area (Å²) in [6.45, 7) is 1.07. The zero-order valence-corrected chi connectivity index (χ0v) is 14.1. The third-order valence-corrected chi connectivity index (χ3v) is 4.43. The van der Waals surface area contributed by atoms with Gasteiger partial charge in [-0.1, -0.05) is 15.9 Å². The van der Waals surface area contributed by atoms with Crippen molar-refractivity contribution in [2.24, 2.45) is 5.92 Å². The summed E-state index contributed by atoms with van der Waals surface area (Å²) in [6, 6.07) is 2.74. The second-order valence-electron chi connectivity index (χ2n) is 4.83. The maximum Gasteiger partial charge on any atom is 0.337 e. The molecule has 6 nitrogen and oxygen atoms in total. The van der Waals surface area contributed by atoms with Gasteiger partial charge in [-0.05, 0) is 34.5 Å². The summed E-state index contributed by atoms with van der Waals surface area (Å²) >= 11 is 6.48. The van der Waals surface area contributed by atoms with Crippen LogP contribution < -0.4 is 5.32 Å². The van der Waals surface area contributed by atoms with E-state index in [1.54, 1.807) is 11.0 Å². The minimum atomic E-state index is -1.12. The van der Waals surface area contributed by atoms with Gasteiger partial charge in [-0.3, -0.25) is 0 Å². The molecule has 1 atom stereocenters. The number of urea groups is 1. The van der Waals surface area contributed by atoms with Crippen LogP contribution in [-0.2, 0) is 0 Å². The highest BCUT2D eigenvalue weighted by atomic mass is 79.9. The van der Waals surface area contributed by atoms with Crippen molar-refractivity contribution in [2.75, 3.05) is 25.0 Å². The van der Waals surface area contributed by atoms with E-state index in [0.717, 1.165) is 6.42 Å². The van der Waals surface area contributed by atoms with E-state index in [2.05, 4.69) is 37.2 Å². The van der Waals surface area contributed by atoms with Gasteiger partial charge in [0.1, 0.15) is 0 Å². The number of aliphatic hydroxyl groups excluding tert-OH is 1. The molecule has 21 heavy (non-hydrogen) atoms. The predicted molar refractivity (Wildman–Crippen MR) is 84.6 cm³/mol. The predicted octanol–water partition coefficient (Wildman–Crippen LogP) is 2.76. The molecule has 0 spiro atoms. The fraction of sp³-hybridized carbons (Fsp3) is 0.385. The first-order valence-corrected chi connectivity index (χ1v) is 7.90. The molecule has 1 aromatic carbocycles. The van der Waals surface area contributed by atoms with Crippen LogP contribution in [0.4, 0.5) is 10.5 Å². The van der Waals surface area contributed by atoms with Crippen molar-refractivity contribution >= 4 is 49.5 Å². The number of halogens is 2. The smallest absolute Gasteiger partial charge is 0.337 e. The number of aromatic carboxylic acids is 1. The highest BCUT2D eigenvalue weighted by Crippen LogP contribution is 2.31. The zero-order valence-electron chi connectivity index (χ0n) is 11.0. The maximum absolute atomic E-state index is 12.2. The summed E-state index contributed by atoms with van der Waals surface area (Å²) < 4.78 is 1.09. The number of benzene rings is 1. The number of rotatable bonds is 3. The molecule has 0 saturated carbocycles. The van der Waals surface area contributed by atoms with Gasteiger partial charge in [0, 0.05) is 34.6 Å². The molecule has 1 aliphatic heterocycles. The highest BCUT2D eigenvalue weighted by Gasteiger charge is 2.27. The van der Waals surface area contributed by atoms with Gasteiger partial charge in [0.25, 0.3) is 0 Å². The Bertz CT molecular complexity index is 580. The van der Waals surface area contributed by atoms with E-state index in [0.29, 0.717) is 22.0 Å². The number of anilines is 1. The number of hydrogen-bond donors (Lipinski definition) is 3. The second-order valence-corrected chi connectivity index (χ2v) is 6.60. The van der Waals surface area contributed by atoms with Crippen LogP contribution in [0.25, 0.3) is 0 Å². The molecule has 0 bridgehead atoms. The van der Waals surface area contributed by atoms with Crippen LogP contribution in [0.5, 0.6) is 0 Å². The number of hydrogen-bond acceptors (Lipinski definition) is 3. The molecular formula is C13H14Br2N2O4. The summed E-state index contributed by atoms with van der Waals surface area (Å²) in [7, 11) is 0. The molecule has 2 rings (SSSR count). The third-order valence-electron chi connectivity index (χ3n) is 3.35. The van der Waals surface area contributed by atoms with E-state index in [-0.39, 0.29) is 29.8 Å². The molecule has 3 N–H and O–H groups in total. The summed E-state index contributed by atoms with van der Waals surface area (Å²) in [5.74, 6) is -1.04. The Balaban J connectivity index is 2.19. The first-order chi connectivity index (χ1) is 9.92. The van der Waals surface area contributed by atoms with Crippen molar-refractivity contribution in [3.63, 3.8) is 0 Å². The maximum atomic E-state index is 12.2. The quantitative estimate of drug-likeness (QED) is 0.699. The number of carbonyl (C=O) groups is 2. The molecule has 0 aromatic heterocycles. The van der Waals surface area contributed by atoms with E-state index in [1.807, 2.05) is 0 Å². The summed E-state index contributed by atoms with van der Waals surface area (Å²) in [5.41, 5.74) is 0.227. The van der Waals surface area contributed by atoms with Crippen molar-refractivity contribution in [3.8, 4) is 0 Å². The van der Waals surface area contributed by atoms with E-state index in [9.17, 15) is 14.7 Å². The zero-order chi connectivity index (χ0) is 15.6. The molecule has 1 unspecified atom stereocenters. The molecule has 1 heterocycles. The van der Waals surface area contributed by atoms with Crippen LogP contribution in [-0.4, -0.2) is 46.8 Å². The Morgan fingerprint density at radius 1 is 1.38 bits per heavy atom. The first-order valence-electron chi connectivity index (χ1n) is 6.31. The number of amides is 2. The summed E-state index contributed by atoms with van der Waals surface area (Å²) in [6.07, 6.45) is 0.747. The third kappa shape index (κ3) is 3.75. The largest absolute Gasteiger partial charge is 0.478 e. The first kappa shape index (κ1) is 16.3. The number of nitrogens with zero attached hydrogens (tertiary/aromatic N) is 1. The van der Waals surface area contributed by atoms with Gasteiger partial charge in [0.2, 0.25) is 0 Å². The molecule has 0 aliphatic carbocycles. The lowest BCUT2D eigenvalue weighted by molar-refractivity contribution is 0.0698. The normalized spacial score (nSPS) is 17.9. The molecule has 8 heteroatoms. The number of aliphatic hydroxyl groups is 1. The average molecular weight is 422 g/mol. The fourth-order valence-electron chi connectivity index (χ4n) is 2.22. The number of nitrogens with one attached hydrogen (secondary N) is 1. The minimum Gasteiger partial charge on any atom is -0.478 e. The van der Waals surface area contributed by atoms with Gasteiger partial charge in [0.05, 0.1) is 11.3 Å². The molecule has 1 aromatic rings. The molecule has 114 valence electrons. The topological polar surface area (TPSA) is 89.9 Å². The van der Waals surface area contributed by atoms with Crippen LogP contribution in [0.2, 0.25) is 0 Å². The highest BCUT2D eigenvalue weighted by molar-refractivity contribution is 9.11. The van der Waals surface area contributed by atoms with E-state index in [4.69, 9.17) is 5.11 Å². The number of carbonyl (C=O) groups excluding carboxylic acids is 1. The molecular weight excluding hydrogens is 408 g/mol. The van der Waals surface area contributed by atoms with Crippen LogP contribution in [0.1, 0.15) is 16.8 Å². The lowest BCUT2D eigenvalue weighted by atomic mass is 10.1. The average Bonchev–Trinajstić information content (AvgIpc) is 2.90. The van der Waals surface area contributed by atoms with Crippen molar-refractivity contribution < 1.29 is 19.8 Å². The lowest BCUT2D eigenvalue weighted by Crippen LogP contribution is -2.33. The van der Waals surface area contributed by atoms with Crippen LogP contribution in [0, 0.1) is 5.92 Å². The number of carboxylic acids is 1. The van der Waals surface area contributed by atoms with E-state index >= 15 is 0 Å². The molecule has 1 saturated heterocycles. The molecule has 1 fully saturated rings. The molecule has 2 amide bonds. The standard InChI is InChI=1S/C13H14Br2N2O4/c14-8-3-9(12(19)20)11(10(15)4-8)16-13(21)17-2-1-7(5-17)6-18/h3-4,7,18H,1-2,5-6H2,(H,16,21)(H,19,20). The van der Waals surface area contributed by atoms with Gasteiger partial charge in [-0.25, -0.2) is 9.59 Å². The number of likely N-dealkylation sites (tertiary alicyclic amines) is 1. The Morgan fingerprint density at radius 2 is 2.10 bits per heavy atom. The van der Waals surface area contributed by atoms with Gasteiger partial charge >= 0.3 is 12.0 Å². The monoisotopic (exact) mass is 420 g/mol. The second kappa shape index (κ2) is 6.76. The summed E-state index contributed by atoms with van der Waals surface area (Å²) in [5, 5.41) is 21.0. The van der Waals surface area contributed by atoms with E-state index < -0.39 is 5.97 Å². The number of carboxylic acid groups (broad SMARTS) is 1. The Kier molecular flexibility index (Phi) is 5.23. The Labute approximate surface area is 138 Å². The summed E-state index contributed by atoms with van der Waals surface area (Å²) in [4.78, 5) is 25.1. The van der Waals surface area contributed by atoms with Crippen LogP contribution in [0.3, 0.4) is 0 Å². The Hall–Kier alpha value is -1.12. The van der Waals surface area contributed by atoms with Crippen LogP contribution in [0.15, 0.2) is 21.1 Å². The van der Waals surface area contributed by atoms with Crippen molar-refractivity contribution in [1.82, 2.24) is 4.90 Å². The van der Waals surface area contributed by atoms with Crippen molar-refractivity contribution in [3.05, 3.63) is 26.6 Å². The van der Waals surface area contributed by atoms with Crippen LogP contribution >= 0.6 is 31.9 Å². The van der Waals surface area contributed by atoms with E-state index in [1.165, 1.54) is 6.07 Å². The fourth-order valence-corrected chi connectivity index (χ4v) is 3.55. The van der Waals surface area contributed by atoms with Gasteiger partial charge < -0.3 is 20.4 Å². The molecule has 1 aliphatic rings. The Morgan fingerprint density at radius 3 is 2.67 bits per heavy atom. The van der Waals surface area contributed by atoms with Crippen molar-refractivity contribution in [2.45, 2.75) is 6.42 Å². The lowest BCUT2D eigenvalue weighted by Gasteiger charge is -2.19. The van der Waals surface area contributed by atoms with Gasteiger partial charge in [-0.2, -0.15) is 0 Å². The van der Waals surface area contributed by atoms with Gasteiger partial charge in [-0.15, -0.1) is 0 Å².